The number of benzene rings is 1. The molecule has 0 aliphatic carbocycles. The van der Waals surface area contributed by atoms with E-state index in [-0.39, 0.29) is 0 Å². The summed E-state index contributed by atoms with van der Waals surface area (Å²) in [6.45, 7) is 4.71. The molecule has 4 nitrogen and oxygen atoms in total. The van der Waals surface area contributed by atoms with Gasteiger partial charge >= 0.3 is 0 Å². The van der Waals surface area contributed by atoms with E-state index in [4.69, 9.17) is 9.47 Å². The molecule has 2 atom stereocenters. The molecule has 0 N–H and O–H groups in total. The van der Waals surface area contributed by atoms with E-state index in [1.54, 1.807) is 12.4 Å². The van der Waals surface area contributed by atoms with Gasteiger partial charge in [0.15, 0.2) is 11.6 Å². The molecule has 2 aromatic rings. The normalized spacial score (nSPS) is 13.1. The van der Waals surface area contributed by atoms with Crippen LogP contribution in [0.5, 0.6) is 11.5 Å². The average Bonchev–Trinajstić information content (AvgIpc) is 2.73. The third-order valence-electron chi connectivity index (χ3n) is 4.61. The molecular weight excluding hydrogens is 374 g/mol. The van der Waals surface area contributed by atoms with Crippen LogP contribution in [0.15, 0.2) is 36.7 Å². The van der Waals surface area contributed by atoms with Gasteiger partial charge in [-0.05, 0) is 37.1 Å². The van der Waals surface area contributed by atoms with Crippen molar-refractivity contribution in [1.29, 1.82) is 0 Å². The van der Waals surface area contributed by atoms with Crippen molar-refractivity contribution in [1.82, 2.24) is 9.97 Å². The predicted octanol–water partition coefficient (Wildman–Crippen LogP) is 6.35. The van der Waals surface area contributed by atoms with E-state index >= 15 is 0 Å². The van der Waals surface area contributed by atoms with Crippen molar-refractivity contribution in [2.75, 3.05) is 13.2 Å². The smallest absolute Gasteiger partial charge is 0.159 e. The predicted molar refractivity (Wildman–Crippen MR) is 112 cm³/mol. The molecule has 0 bridgehead atoms. The minimum Gasteiger partial charge on any atom is -0.493 e. The number of halogens is 2. The molecule has 0 saturated heterocycles. The zero-order chi connectivity index (χ0) is 20.9. The summed E-state index contributed by atoms with van der Waals surface area (Å²) in [5.41, 5.74) is 0.849. The Bertz CT molecular complexity index is 680. The van der Waals surface area contributed by atoms with Crippen molar-refractivity contribution in [3.05, 3.63) is 36.7 Å². The van der Waals surface area contributed by atoms with E-state index in [0.29, 0.717) is 56.2 Å². The standard InChI is InChI=1S/C23H32F2N2O2/c1-3-5-7-20(25)13-15-29-22-16-26-23(27-17-22)18-8-10-21(11-9-18)28-14-12-19(24)6-4-2/h8-11,16-17,19-20H,3-7,12-15H2,1-2H3/t19-,20-/m0/s1. The lowest BCUT2D eigenvalue weighted by Crippen LogP contribution is -2.08. The molecule has 0 aliphatic rings. The lowest BCUT2D eigenvalue weighted by Gasteiger charge is -2.10. The van der Waals surface area contributed by atoms with Gasteiger partial charge in [-0.15, -0.1) is 0 Å². The Morgan fingerprint density at radius 1 is 0.759 bits per heavy atom. The Hall–Kier alpha value is -2.24. The molecule has 0 radical (unpaired) electrons. The Morgan fingerprint density at radius 3 is 1.93 bits per heavy atom. The molecule has 160 valence electrons. The summed E-state index contributed by atoms with van der Waals surface area (Å²) < 4.78 is 38.2. The SMILES string of the molecule is CCCC[C@H](F)CCOc1cnc(-c2ccc(OCC[C@@H](F)CCC)cc2)nc1. The molecule has 0 spiro atoms. The van der Waals surface area contributed by atoms with E-state index in [1.165, 1.54) is 0 Å². The minimum absolute atomic E-state index is 0.317. The van der Waals surface area contributed by atoms with Gasteiger partial charge in [-0.3, -0.25) is 0 Å². The monoisotopic (exact) mass is 406 g/mol. The van der Waals surface area contributed by atoms with Gasteiger partial charge < -0.3 is 9.47 Å². The molecular formula is C23H32F2N2O2. The molecule has 0 fully saturated rings. The van der Waals surface area contributed by atoms with Gasteiger partial charge in [-0.1, -0.05) is 33.1 Å². The largest absolute Gasteiger partial charge is 0.493 e. The van der Waals surface area contributed by atoms with Crippen molar-refractivity contribution < 1.29 is 18.3 Å². The number of nitrogens with zero attached hydrogens (tertiary/aromatic N) is 2. The van der Waals surface area contributed by atoms with Crippen molar-refractivity contribution in [3.8, 4) is 22.9 Å². The third-order valence-corrected chi connectivity index (χ3v) is 4.61. The van der Waals surface area contributed by atoms with Crippen LogP contribution in [0.4, 0.5) is 8.78 Å². The van der Waals surface area contributed by atoms with Crippen LogP contribution in [0, 0.1) is 0 Å². The van der Waals surface area contributed by atoms with Gasteiger partial charge in [-0.2, -0.15) is 0 Å². The number of unbranched alkanes of at least 4 members (excludes halogenated alkanes) is 1. The maximum absolute atomic E-state index is 13.6. The second kappa shape index (κ2) is 13.1. The van der Waals surface area contributed by atoms with Crippen LogP contribution in [-0.4, -0.2) is 35.5 Å². The lowest BCUT2D eigenvalue weighted by molar-refractivity contribution is 0.222. The summed E-state index contributed by atoms with van der Waals surface area (Å²) in [6.07, 6.45) is 6.26. The lowest BCUT2D eigenvalue weighted by atomic mass is 10.1. The first-order valence-corrected chi connectivity index (χ1v) is 10.6. The van der Waals surface area contributed by atoms with Crippen LogP contribution in [-0.2, 0) is 0 Å². The molecule has 0 saturated carbocycles. The van der Waals surface area contributed by atoms with Gasteiger partial charge in [0.05, 0.1) is 25.6 Å². The summed E-state index contributed by atoms with van der Waals surface area (Å²) in [4.78, 5) is 8.62. The Balaban J connectivity index is 1.77. The van der Waals surface area contributed by atoms with Gasteiger partial charge in [-0.25, -0.2) is 18.7 Å². The van der Waals surface area contributed by atoms with Crippen molar-refractivity contribution >= 4 is 0 Å². The zero-order valence-electron chi connectivity index (χ0n) is 17.4. The molecule has 6 heteroatoms. The highest BCUT2D eigenvalue weighted by Crippen LogP contribution is 2.21. The van der Waals surface area contributed by atoms with Crippen LogP contribution in [0.25, 0.3) is 11.4 Å². The Labute approximate surface area is 172 Å². The second-order valence-corrected chi connectivity index (χ2v) is 7.17. The first-order valence-electron chi connectivity index (χ1n) is 10.6. The second-order valence-electron chi connectivity index (χ2n) is 7.17. The number of rotatable bonds is 14. The summed E-state index contributed by atoms with van der Waals surface area (Å²) in [7, 11) is 0. The topological polar surface area (TPSA) is 44.2 Å². The van der Waals surface area contributed by atoms with Crippen LogP contribution >= 0.6 is 0 Å². The molecule has 0 aliphatic heterocycles. The molecule has 0 amide bonds. The molecule has 2 rings (SSSR count). The minimum atomic E-state index is -0.821. The fourth-order valence-electron chi connectivity index (χ4n) is 2.88. The number of hydrogen-bond acceptors (Lipinski definition) is 4. The van der Waals surface area contributed by atoms with Crippen molar-refractivity contribution in [2.24, 2.45) is 0 Å². The van der Waals surface area contributed by atoms with E-state index < -0.39 is 12.3 Å². The Kier molecular flexibility index (Phi) is 10.4. The highest BCUT2D eigenvalue weighted by molar-refractivity contribution is 5.56. The molecule has 1 heterocycles. The molecule has 1 aromatic heterocycles. The van der Waals surface area contributed by atoms with Gasteiger partial charge in [0.2, 0.25) is 0 Å². The van der Waals surface area contributed by atoms with E-state index in [2.05, 4.69) is 16.9 Å². The average molecular weight is 407 g/mol. The van der Waals surface area contributed by atoms with Crippen molar-refractivity contribution in [2.45, 2.75) is 71.1 Å². The first kappa shape index (κ1) is 23.0. The molecule has 29 heavy (non-hydrogen) atoms. The third kappa shape index (κ3) is 8.75. The maximum atomic E-state index is 13.6. The fourth-order valence-corrected chi connectivity index (χ4v) is 2.88. The van der Waals surface area contributed by atoms with Crippen LogP contribution < -0.4 is 9.47 Å². The zero-order valence-corrected chi connectivity index (χ0v) is 17.4. The number of alkyl halides is 2. The Morgan fingerprint density at radius 2 is 1.34 bits per heavy atom. The first-order chi connectivity index (χ1) is 14.1. The fraction of sp³-hybridized carbons (Fsp3) is 0.565. The summed E-state index contributed by atoms with van der Waals surface area (Å²) >= 11 is 0. The summed E-state index contributed by atoms with van der Waals surface area (Å²) in [5, 5.41) is 0. The maximum Gasteiger partial charge on any atom is 0.159 e. The quantitative estimate of drug-likeness (QED) is 0.367. The van der Waals surface area contributed by atoms with Crippen LogP contribution in [0.3, 0.4) is 0 Å². The summed E-state index contributed by atoms with van der Waals surface area (Å²) in [5.74, 6) is 1.80. The highest BCUT2D eigenvalue weighted by Gasteiger charge is 2.08. The van der Waals surface area contributed by atoms with E-state index in [1.807, 2.05) is 31.2 Å². The summed E-state index contributed by atoms with van der Waals surface area (Å²) in [6, 6.07) is 7.39. The van der Waals surface area contributed by atoms with E-state index in [0.717, 1.165) is 24.8 Å². The van der Waals surface area contributed by atoms with Gasteiger partial charge in [0.1, 0.15) is 18.1 Å². The molecule has 0 unspecified atom stereocenters. The van der Waals surface area contributed by atoms with Gasteiger partial charge in [0, 0.05) is 18.4 Å². The van der Waals surface area contributed by atoms with Crippen LogP contribution in [0.1, 0.15) is 58.8 Å². The number of aromatic nitrogens is 2. The number of hydrogen-bond donors (Lipinski definition) is 0. The molecule has 1 aromatic carbocycles. The van der Waals surface area contributed by atoms with Crippen molar-refractivity contribution in [3.63, 3.8) is 0 Å². The van der Waals surface area contributed by atoms with E-state index in [9.17, 15) is 8.78 Å². The van der Waals surface area contributed by atoms with Crippen LogP contribution in [0.2, 0.25) is 0 Å². The highest BCUT2D eigenvalue weighted by atomic mass is 19.1. The number of ether oxygens (including phenoxy) is 2. The van der Waals surface area contributed by atoms with Gasteiger partial charge in [0.25, 0.3) is 0 Å².